The molecule has 1 amide bonds. The minimum absolute atomic E-state index is 0.301. The molecule has 0 saturated heterocycles. The van der Waals surface area contributed by atoms with E-state index in [0.717, 1.165) is 10.9 Å². The van der Waals surface area contributed by atoms with Gasteiger partial charge in [0.2, 0.25) is 5.78 Å². The lowest BCUT2D eigenvalue weighted by molar-refractivity contribution is -0.148. The molecule has 1 heterocycles. The van der Waals surface area contributed by atoms with Gasteiger partial charge < -0.3 is 15.0 Å². The maximum atomic E-state index is 12.9. The number of aromatic nitrogens is 1. The number of H-pyrrole nitrogens is 1. The second kappa shape index (κ2) is 8.49. The third kappa shape index (κ3) is 4.49. The predicted molar refractivity (Wildman–Crippen MR) is 111 cm³/mol. The first-order valence-corrected chi connectivity index (χ1v) is 9.54. The number of amides is 1. The van der Waals surface area contributed by atoms with Crippen molar-refractivity contribution < 1.29 is 19.1 Å². The van der Waals surface area contributed by atoms with Gasteiger partial charge in [-0.15, -0.1) is 0 Å². The summed E-state index contributed by atoms with van der Waals surface area (Å²) in [6.07, 6.45) is -0.990. The standard InChI is InChI=1S/C22H21ClN2O4/c1-12-19(17-6-4-5-7-18(17)24-12)20(26)14(3)29-22(28)13(2)25-21(27)15-8-10-16(23)11-9-15/h4-11,13-14,24H,1-3H3,(H,25,27)/t13-,14-/m0/s1. The van der Waals surface area contributed by atoms with Crippen molar-refractivity contribution in [2.24, 2.45) is 0 Å². The Morgan fingerprint density at radius 1 is 1.03 bits per heavy atom. The summed E-state index contributed by atoms with van der Waals surface area (Å²) in [4.78, 5) is 40.7. The fourth-order valence-electron chi connectivity index (χ4n) is 3.07. The number of ketones is 1. The summed E-state index contributed by atoms with van der Waals surface area (Å²) in [5.74, 6) is -1.42. The molecule has 2 N–H and O–H groups in total. The maximum absolute atomic E-state index is 12.9. The molecule has 0 unspecified atom stereocenters. The first-order chi connectivity index (χ1) is 13.8. The van der Waals surface area contributed by atoms with Crippen LogP contribution >= 0.6 is 11.6 Å². The molecule has 0 saturated carbocycles. The summed E-state index contributed by atoms with van der Waals surface area (Å²) < 4.78 is 5.32. The van der Waals surface area contributed by atoms with Gasteiger partial charge in [0.1, 0.15) is 6.04 Å². The molecule has 0 fully saturated rings. The van der Waals surface area contributed by atoms with Crippen molar-refractivity contribution in [1.82, 2.24) is 10.3 Å². The van der Waals surface area contributed by atoms with Crippen LogP contribution in [0.25, 0.3) is 10.9 Å². The lowest BCUT2D eigenvalue weighted by atomic mass is 10.0. The first kappa shape index (κ1) is 20.6. The van der Waals surface area contributed by atoms with Gasteiger partial charge in [-0.2, -0.15) is 0 Å². The highest BCUT2D eigenvalue weighted by atomic mass is 35.5. The van der Waals surface area contributed by atoms with E-state index in [1.807, 2.05) is 24.3 Å². The number of aryl methyl sites for hydroxylation is 1. The van der Waals surface area contributed by atoms with Crippen LogP contribution < -0.4 is 5.32 Å². The second-order valence-electron chi connectivity index (χ2n) is 6.82. The number of esters is 1. The van der Waals surface area contributed by atoms with Crippen LogP contribution in [0.3, 0.4) is 0 Å². The quantitative estimate of drug-likeness (QED) is 0.472. The Morgan fingerprint density at radius 2 is 1.69 bits per heavy atom. The number of carbonyl (C=O) groups excluding carboxylic acids is 3. The zero-order chi connectivity index (χ0) is 21.1. The fourth-order valence-corrected chi connectivity index (χ4v) is 3.19. The van der Waals surface area contributed by atoms with Gasteiger partial charge in [-0.25, -0.2) is 4.79 Å². The highest BCUT2D eigenvalue weighted by Gasteiger charge is 2.27. The van der Waals surface area contributed by atoms with Crippen molar-refractivity contribution in [2.75, 3.05) is 0 Å². The van der Waals surface area contributed by atoms with Crippen LogP contribution in [0.4, 0.5) is 0 Å². The van der Waals surface area contributed by atoms with E-state index in [1.54, 1.807) is 31.2 Å². The zero-order valence-electron chi connectivity index (χ0n) is 16.3. The zero-order valence-corrected chi connectivity index (χ0v) is 17.0. The molecule has 0 radical (unpaired) electrons. The molecule has 0 bridgehead atoms. The summed E-state index contributed by atoms with van der Waals surface area (Å²) in [5, 5.41) is 3.85. The number of para-hydroxylation sites is 1. The van der Waals surface area contributed by atoms with E-state index in [2.05, 4.69) is 10.3 Å². The minimum atomic E-state index is -0.990. The molecule has 29 heavy (non-hydrogen) atoms. The SMILES string of the molecule is Cc1[nH]c2ccccc2c1C(=O)[C@H](C)OC(=O)[C@H](C)NC(=O)c1ccc(Cl)cc1. The Morgan fingerprint density at radius 3 is 2.38 bits per heavy atom. The molecule has 3 rings (SSSR count). The normalized spacial score (nSPS) is 13.0. The van der Waals surface area contributed by atoms with Gasteiger partial charge in [-0.05, 0) is 51.1 Å². The molecule has 0 aliphatic rings. The van der Waals surface area contributed by atoms with Crippen molar-refractivity contribution in [3.63, 3.8) is 0 Å². The van der Waals surface area contributed by atoms with Gasteiger partial charge >= 0.3 is 5.97 Å². The van der Waals surface area contributed by atoms with Crippen molar-refractivity contribution in [3.8, 4) is 0 Å². The van der Waals surface area contributed by atoms with E-state index in [1.165, 1.54) is 13.8 Å². The summed E-state index contributed by atoms with van der Waals surface area (Å²) in [6.45, 7) is 4.83. The number of rotatable bonds is 6. The number of halogens is 1. The highest BCUT2D eigenvalue weighted by molar-refractivity contribution is 6.30. The molecule has 0 aliphatic carbocycles. The predicted octanol–water partition coefficient (Wildman–Crippen LogP) is 4.06. The summed E-state index contributed by atoms with van der Waals surface area (Å²) in [7, 11) is 0. The van der Waals surface area contributed by atoms with Crippen LogP contribution in [0, 0.1) is 6.92 Å². The van der Waals surface area contributed by atoms with E-state index in [0.29, 0.717) is 21.8 Å². The Balaban J connectivity index is 1.66. The average molecular weight is 413 g/mol. The van der Waals surface area contributed by atoms with Crippen LogP contribution in [0.1, 0.15) is 40.3 Å². The maximum Gasteiger partial charge on any atom is 0.329 e. The Bertz CT molecular complexity index is 1070. The molecule has 150 valence electrons. The smallest absolute Gasteiger partial charge is 0.329 e. The fraction of sp³-hybridized carbons (Fsp3) is 0.227. The number of hydrogen-bond donors (Lipinski definition) is 2. The van der Waals surface area contributed by atoms with Crippen LogP contribution in [-0.2, 0) is 9.53 Å². The number of carbonyl (C=O) groups is 3. The number of ether oxygens (including phenoxy) is 1. The molecule has 1 aromatic heterocycles. The van der Waals surface area contributed by atoms with Gasteiger partial charge in [0.05, 0.1) is 0 Å². The van der Waals surface area contributed by atoms with E-state index >= 15 is 0 Å². The Labute approximate surface area is 173 Å². The number of Topliss-reactive ketones (excluding diaryl/α,β-unsaturated/α-hetero) is 1. The van der Waals surface area contributed by atoms with Crippen LogP contribution in [-0.4, -0.2) is 34.8 Å². The lowest BCUT2D eigenvalue weighted by Crippen LogP contribution is -2.41. The van der Waals surface area contributed by atoms with Gasteiger partial charge in [-0.1, -0.05) is 29.8 Å². The Hall–Kier alpha value is -3.12. The van der Waals surface area contributed by atoms with Crippen LogP contribution in [0.2, 0.25) is 5.02 Å². The molecule has 7 heteroatoms. The summed E-state index contributed by atoms with van der Waals surface area (Å²) >= 11 is 5.81. The van der Waals surface area contributed by atoms with Crippen molar-refractivity contribution >= 4 is 40.2 Å². The van der Waals surface area contributed by atoms with Crippen LogP contribution in [0.15, 0.2) is 48.5 Å². The largest absolute Gasteiger partial charge is 0.453 e. The Kier molecular flexibility index (Phi) is 6.03. The summed E-state index contributed by atoms with van der Waals surface area (Å²) in [5.41, 5.74) is 2.42. The molecular weight excluding hydrogens is 392 g/mol. The van der Waals surface area contributed by atoms with E-state index in [4.69, 9.17) is 16.3 Å². The molecule has 2 atom stereocenters. The van der Waals surface area contributed by atoms with E-state index < -0.39 is 24.0 Å². The number of aromatic amines is 1. The highest BCUT2D eigenvalue weighted by Crippen LogP contribution is 2.24. The van der Waals surface area contributed by atoms with E-state index in [9.17, 15) is 14.4 Å². The van der Waals surface area contributed by atoms with Gasteiger partial charge in [-0.3, -0.25) is 9.59 Å². The van der Waals surface area contributed by atoms with Crippen LogP contribution in [0.5, 0.6) is 0 Å². The molecular formula is C22H21ClN2O4. The topological polar surface area (TPSA) is 88.3 Å². The molecule has 0 spiro atoms. The molecule has 6 nitrogen and oxygen atoms in total. The monoisotopic (exact) mass is 412 g/mol. The average Bonchev–Trinajstić information content (AvgIpc) is 3.03. The number of fused-ring (bicyclic) bond motifs is 1. The molecule has 0 aliphatic heterocycles. The van der Waals surface area contributed by atoms with Crippen molar-refractivity contribution in [1.29, 1.82) is 0 Å². The van der Waals surface area contributed by atoms with Gasteiger partial charge in [0, 0.05) is 32.7 Å². The first-order valence-electron chi connectivity index (χ1n) is 9.16. The third-order valence-electron chi connectivity index (χ3n) is 4.61. The van der Waals surface area contributed by atoms with Gasteiger partial charge in [0.15, 0.2) is 6.10 Å². The molecule has 3 aromatic rings. The second-order valence-corrected chi connectivity index (χ2v) is 7.25. The third-order valence-corrected chi connectivity index (χ3v) is 4.86. The lowest BCUT2D eigenvalue weighted by Gasteiger charge is -2.17. The molecule has 2 aromatic carbocycles. The number of benzene rings is 2. The van der Waals surface area contributed by atoms with Crippen molar-refractivity contribution in [2.45, 2.75) is 32.9 Å². The van der Waals surface area contributed by atoms with E-state index in [-0.39, 0.29) is 5.78 Å². The van der Waals surface area contributed by atoms with Crippen molar-refractivity contribution in [3.05, 3.63) is 70.4 Å². The van der Waals surface area contributed by atoms with Gasteiger partial charge in [0.25, 0.3) is 5.91 Å². The summed E-state index contributed by atoms with van der Waals surface area (Å²) in [6, 6.07) is 12.8. The minimum Gasteiger partial charge on any atom is -0.453 e. The number of nitrogens with one attached hydrogen (secondary N) is 2. The number of hydrogen-bond acceptors (Lipinski definition) is 4.